The van der Waals surface area contributed by atoms with Crippen LogP contribution < -0.4 is 10.6 Å². The quantitative estimate of drug-likeness (QED) is 0.627. The SMILES string of the molecule is CC(C)CCNC(=O)CNCC(O)C(F)(F)F. The van der Waals surface area contributed by atoms with E-state index >= 15 is 0 Å². The van der Waals surface area contributed by atoms with Gasteiger partial charge in [0.05, 0.1) is 6.54 Å². The number of rotatable bonds is 7. The van der Waals surface area contributed by atoms with E-state index in [1.807, 2.05) is 13.8 Å². The van der Waals surface area contributed by atoms with Crippen LogP contribution in [-0.4, -0.2) is 42.9 Å². The van der Waals surface area contributed by atoms with Gasteiger partial charge in [-0.15, -0.1) is 0 Å². The minimum absolute atomic E-state index is 0.231. The van der Waals surface area contributed by atoms with E-state index in [1.54, 1.807) is 0 Å². The smallest absolute Gasteiger partial charge is 0.382 e. The third-order valence-corrected chi connectivity index (χ3v) is 2.04. The van der Waals surface area contributed by atoms with Crippen molar-refractivity contribution in [3.8, 4) is 0 Å². The lowest BCUT2D eigenvalue weighted by molar-refractivity contribution is -0.201. The lowest BCUT2D eigenvalue weighted by Gasteiger charge is -2.15. The molecule has 1 unspecified atom stereocenters. The highest BCUT2D eigenvalue weighted by Gasteiger charge is 2.37. The Kier molecular flexibility index (Phi) is 7.13. The largest absolute Gasteiger partial charge is 0.415 e. The molecule has 7 heteroatoms. The second kappa shape index (κ2) is 7.50. The van der Waals surface area contributed by atoms with Gasteiger partial charge in [-0.1, -0.05) is 13.8 Å². The predicted molar refractivity (Wildman–Crippen MR) is 57.4 cm³/mol. The molecule has 102 valence electrons. The number of carbonyl (C=O) groups is 1. The van der Waals surface area contributed by atoms with Gasteiger partial charge in [0, 0.05) is 13.1 Å². The summed E-state index contributed by atoms with van der Waals surface area (Å²) in [4.78, 5) is 11.1. The Labute approximate surface area is 98.6 Å². The van der Waals surface area contributed by atoms with Gasteiger partial charge in [-0.2, -0.15) is 13.2 Å². The molecule has 0 aromatic heterocycles. The normalized spacial score (nSPS) is 13.8. The van der Waals surface area contributed by atoms with Crippen molar-refractivity contribution in [1.82, 2.24) is 10.6 Å². The van der Waals surface area contributed by atoms with E-state index in [2.05, 4.69) is 10.6 Å². The minimum Gasteiger partial charge on any atom is -0.382 e. The van der Waals surface area contributed by atoms with Crippen LogP contribution in [0.5, 0.6) is 0 Å². The topological polar surface area (TPSA) is 61.4 Å². The number of hydrogen-bond donors (Lipinski definition) is 3. The van der Waals surface area contributed by atoms with Gasteiger partial charge in [0.25, 0.3) is 0 Å². The van der Waals surface area contributed by atoms with Crippen LogP contribution >= 0.6 is 0 Å². The molecular formula is C10H19F3N2O2. The molecule has 0 heterocycles. The van der Waals surface area contributed by atoms with Crippen molar-refractivity contribution in [2.45, 2.75) is 32.5 Å². The Morgan fingerprint density at radius 1 is 1.35 bits per heavy atom. The summed E-state index contributed by atoms with van der Waals surface area (Å²) in [6.07, 6.45) is -6.27. The molecule has 0 fully saturated rings. The van der Waals surface area contributed by atoms with Crippen LogP contribution in [0.2, 0.25) is 0 Å². The first-order chi connectivity index (χ1) is 7.73. The van der Waals surface area contributed by atoms with Crippen molar-refractivity contribution in [2.75, 3.05) is 19.6 Å². The summed E-state index contributed by atoms with van der Waals surface area (Å²) in [6, 6.07) is 0. The third-order valence-electron chi connectivity index (χ3n) is 2.04. The fourth-order valence-electron chi connectivity index (χ4n) is 1.00. The molecule has 0 aromatic rings. The van der Waals surface area contributed by atoms with Crippen LogP contribution in [0.4, 0.5) is 13.2 Å². The van der Waals surface area contributed by atoms with Gasteiger partial charge in [-0.25, -0.2) is 0 Å². The first-order valence-electron chi connectivity index (χ1n) is 5.45. The van der Waals surface area contributed by atoms with Crippen molar-refractivity contribution in [1.29, 1.82) is 0 Å². The summed E-state index contributed by atoms with van der Waals surface area (Å²) in [5.41, 5.74) is 0. The maximum atomic E-state index is 11.9. The molecule has 0 aliphatic heterocycles. The molecule has 0 saturated carbocycles. The van der Waals surface area contributed by atoms with E-state index in [9.17, 15) is 18.0 Å². The zero-order valence-corrected chi connectivity index (χ0v) is 9.97. The van der Waals surface area contributed by atoms with Gasteiger partial charge in [0.15, 0.2) is 6.10 Å². The fourth-order valence-corrected chi connectivity index (χ4v) is 1.00. The predicted octanol–water partition coefficient (Wildman–Crippen LogP) is 0.662. The van der Waals surface area contributed by atoms with E-state index in [-0.39, 0.29) is 12.5 Å². The zero-order valence-electron chi connectivity index (χ0n) is 9.97. The van der Waals surface area contributed by atoms with Crippen LogP contribution in [0.1, 0.15) is 20.3 Å². The lowest BCUT2D eigenvalue weighted by atomic mass is 10.1. The molecule has 0 aliphatic rings. The van der Waals surface area contributed by atoms with Crippen LogP contribution in [-0.2, 0) is 4.79 Å². The van der Waals surface area contributed by atoms with Crippen molar-refractivity contribution in [3.63, 3.8) is 0 Å². The molecule has 3 N–H and O–H groups in total. The summed E-state index contributed by atoms with van der Waals surface area (Å²) in [5.74, 6) is 0.0790. The van der Waals surface area contributed by atoms with Gasteiger partial charge in [-0.05, 0) is 12.3 Å². The highest BCUT2D eigenvalue weighted by Crippen LogP contribution is 2.18. The summed E-state index contributed by atoms with van der Waals surface area (Å²) in [6.45, 7) is 3.60. The van der Waals surface area contributed by atoms with Crippen molar-refractivity contribution in [2.24, 2.45) is 5.92 Å². The van der Waals surface area contributed by atoms with Crippen LogP contribution in [0.25, 0.3) is 0 Å². The summed E-state index contributed by atoms with van der Waals surface area (Å²) >= 11 is 0. The number of halogens is 3. The summed E-state index contributed by atoms with van der Waals surface area (Å²) < 4.78 is 35.6. The van der Waals surface area contributed by atoms with Crippen LogP contribution in [0.15, 0.2) is 0 Å². The Morgan fingerprint density at radius 3 is 2.41 bits per heavy atom. The van der Waals surface area contributed by atoms with E-state index in [4.69, 9.17) is 5.11 Å². The van der Waals surface area contributed by atoms with Crippen molar-refractivity contribution < 1.29 is 23.1 Å². The third kappa shape index (κ3) is 8.93. The number of nitrogens with one attached hydrogen (secondary N) is 2. The Bertz CT molecular complexity index is 232. The molecule has 4 nitrogen and oxygen atoms in total. The average Bonchev–Trinajstić information content (AvgIpc) is 2.15. The molecular weight excluding hydrogens is 237 g/mol. The summed E-state index contributed by atoms with van der Waals surface area (Å²) in [5, 5.41) is 13.4. The van der Waals surface area contributed by atoms with Crippen molar-refractivity contribution >= 4 is 5.91 Å². The van der Waals surface area contributed by atoms with Gasteiger partial charge >= 0.3 is 6.18 Å². The molecule has 0 spiro atoms. The van der Waals surface area contributed by atoms with E-state index in [0.717, 1.165) is 6.42 Å². The zero-order chi connectivity index (χ0) is 13.5. The molecule has 0 saturated heterocycles. The maximum absolute atomic E-state index is 11.9. The van der Waals surface area contributed by atoms with E-state index < -0.39 is 18.8 Å². The molecule has 0 aromatic carbocycles. The highest BCUT2D eigenvalue weighted by atomic mass is 19.4. The molecule has 17 heavy (non-hydrogen) atoms. The molecule has 1 amide bonds. The molecule has 0 rings (SSSR count). The van der Waals surface area contributed by atoms with Gasteiger partial charge in [0.2, 0.25) is 5.91 Å². The summed E-state index contributed by atoms with van der Waals surface area (Å²) in [7, 11) is 0. The number of hydrogen-bond acceptors (Lipinski definition) is 3. The van der Waals surface area contributed by atoms with E-state index in [1.165, 1.54) is 0 Å². The Balaban J connectivity index is 3.58. The van der Waals surface area contributed by atoms with Gasteiger partial charge in [-0.3, -0.25) is 4.79 Å². The lowest BCUT2D eigenvalue weighted by Crippen LogP contribution is -2.42. The number of carbonyl (C=O) groups excluding carboxylic acids is 1. The molecule has 0 radical (unpaired) electrons. The Morgan fingerprint density at radius 2 is 1.94 bits per heavy atom. The second-order valence-corrected chi connectivity index (χ2v) is 4.22. The fraction of sp³-hybridized carbons (Fsp3) is 0.900. The molecule has 0 bridgehead atoms. The minimum atomic E-state index is -4.65. The Hall–Kier alpha value is -0.820. The highest BCUT2D eigenvalue weighted by molar-refractivity contribution is 5.77. The molecule has 1 atom stereocenters. The first kappa shape index (κ1) is 16.2. The number of aliphatic hydroxyl groups excluding tert-OH is 1. The standard InChI is InChI=1S/C10H19F3N2O2/c1-7(2)3-4-15-9(17)6-14-5-8(16)10(11,12)13/h7-8,14,16H,3-6H2,1-2H3,(H,15,17). The van der Waals surface area contributed by atoms with E-state index in [0.29, 0.717) is 12.5 Å². The molecule has 0 aliphatic carbocycles. The van der Waals surface area contributed by atoms with Gasteiger partial charge < -0.3 is 15.7 Å². The average molecular weight is 256 g/mol. The number of aliphatic hydroxyl groups is 1. The van der Waals surface area contributed by atoms with Gasteiger partial charge in [0.1, 0.15) is 0 Å². The van der Waals surface area contributed by atoms with Crippen LogP contribution in [0, 0.1) is 5.92 Å². The maximum Gasteiger partial charge on any atom is 0.415 e. The van der Waals surface area contributed by atoms with Crippen LogP contribution in [0.3, 0.4) is 0 Å². The number of amides is 1. The number of alkyl halides is 3. The first-order valence-corrected chi connectivity index (χ1v) is 5.45. The monoisotopic (exact) mass is 256 g/mol. The van der Waals surface area contributed by atoms with Crippen molar-refractivity contribution in [3.05, 3.63) is 0 Å². The second-order valence-electron chi connectivity index (χ2n) is 4.22.